The molecule has 0 bridgehead atoms. The Hall–Kier alpha value is -0.630. The molecule has 1 rings (SSSR count). The van der Waals surface area contributed by atoms with Crippen LogP contribution in [0.2, 0.25) is 0 Å². The number of alkyl halides is 1. The average molecular weight is 241 g/mol. The van der Waals surface area contributed by atoms with Gasteiger partial charge in [-0.25, -0.2) is 0 Å². The van der Waals surface area contributed by atoms with Crippen LogP contribution in [0.1, 0.15) is 30.1 Å². The van der Waals surface area contributed by atoms with Crippen LogP contribution >= 0.6 is 15.9 Å². The van der Waals surface area contributed by atoms with Crippen molar-refractivity contribution in [2.45, 2.75) is 24.6 Å². The molecule has 13 heavy (non-hydrogen) atoms. The van der Waals surface area contributed by atoms with Crippen LogP contribution in [0, 0.1) is 0 Å². The van der Waals surface area contributed by atoms with Crippen molar-refractivity contribution in [1.82, 2.24) is 0 Å². The summed E-state index contributed by atoms with van der Waals surface area (Å²) >= 11 is 3.45. The molecule has 0 spiro atoms. The lowest BCUT2D eigenvalue weighted by atomic mass is 10.1. The van der Waals surface area contributed by atoms with Gasteiger partial charge in [-0.2, -0.15) is 0 Å². The summed E-state index contributed by atoms with van der Waals surface area (Å²) in [5, 5.41) is 0. The number of carbonyl (C=O) groups is 1. The molecule has 0 aliphatic rings. The fourth-order valence-corrected chi connectivity index (χ4v) is 1.38. The van der Waals surface area contributed by atoms with E-state index in [1.54, 1.807) is 0 Å². The number of hydrogen-bond donors (Lipinski definition) is 0. The quantitative estimate of drug-likeness (QED) is 0.583. The number of rotatable bonds is 4. The molecule has 0 saturated carbocycles. The minimum atomic E-state index is 0.212. The fourth-order valence-electron chi connectivity index (χ4n) is 1.09. The van der Waals surface area contributed by atoms with Gasteiger partial charge in [0.25, 0.3) is 0 Å². The maximum absolute atomic E-state index is 11.6. The Labute approximate surface area is 87.3 Å². The first-order valence-electron chi connectivity index (χ1n) is 4.46. The topological polar surface area (TPSA) is 17.1 Å². The lowest BCUT2D eigenvalue weighted by Crippen LogP contribution is -2.06. The lowest BCUT2D eigenvalue weighted by Gasteiger charge is -2.04. The zero-order valence-electron chi connectivity index (χ0n) is 7.66. The maximum Gasteiger partial charge on any atom is 0.163 e. The zero-order valence-corrected chi connectivity index (χ0v) is 9.25. The largest absolute Gasteiger partial charge is 0.294 e. The molecule has 0 N–H and O–H groups in total. The molecule has 0 fully saturated rings. The van der Waals surface area contributed by atoms with E-state index in [4.69, 9.17) is 0 Å². The van der Waals surface area contributed by atoms with E-state index >= 15 is 0 Å². The van der Waals surface area contributed by atoms with Gasteiger partial charge in [0.15, 0.2) is 5.78 Å². The Morgan fingerprint density at radius 2 is 2.00 bits per heavy atom. The van der Waals surface area contributed by atoms with Crippen molar-refractivity contribution in [3.63, 3.8) is 0 Å². The second-order valence-corrected chi connectivity index (χ2v) is 4.29. The monoisotopic (exact) mass is 240 g/mol. The van der Waals surface area contributed by atoms with Crippen LogP contribution in [0.25, 0.3) is 0 Å². The van der Waals surface area contributed by atoms with E-state index in [1.807, 2.05) is 30.3 Å². The summed E-state index contributed by atoms with van der Waals surface area (Å²) in [6, 6.07) is 9.42. The Morgan fingerprint density at radius 3 is 2.54 bits per heavy atom. The van der Waals surface area contributed by atoms with Gasteiger partial charge in [-0.05, 0) is 6.42 Å². The number of carbonyl (C=O) groups excluding carboxylic acids is 1. The molecule has 0 radical (unpaired) electrons. The highest BCUT2D eigenvalue weighted by molar-refractivity contribution is 9.09. The van der Waals surface area contributed by atoms with E-state index in [-0.39, 0.29) is 5.78 Å². The molecule has 1 unspecified atom stereocenters. The minimum absolute atomic E-state index is 0.212. The van der Waals surface area contributed by atoms with E-state index in [0.29, 0.717) is 11.2 Å². The summed E-state index contributed by atoms with van der Waals surface area (Å²) < 4.78 is 0. The summed E-state index contributed by atoms with van der Waals surface area (Å²) in [4.78, 5) is 11.9. The highest BCUT2D eigenvalue weighted by Crippen LogP contribution is 2.13. The molecular formula is C11H13BrO. The first kappa shape index (κ1) is 10.5. The number of hydrogen-bond acceptors (Lipinski definition) is 1. The normalized spacial score (nSPS) is 12.5. The molecule has 1 nitrogen and oxygen atoms in total. The highest BCUT2D eigenvalue weighted by atomic mass is 79.9. The van der Waals surface area contributed by atoms with Crippen LogP contribution in [0.5, 0.6) is 0 Å². The van der Waals surface area contributed by atoms with E-state index in [1.165, 1.54) is 0 Å². The molecule has 1 aromatic rings. The molecular weight excluding hydrogens is 228 g/mol. The Kier molecular flexibility index (Phi) is 4.16. The van der Waals surface area contributed by atoms with Crippen LogP contribution in [0.15, 0.2) is 30.3 Å². The van der Waals surface area contributed by atoms with Crippen LogP contribution < -0.4 is 0 Å². The fraction of sp³-hybridized carbons (Fsp3) is 0.364. The summed E-state index contributed by atoms with van der Waals surface area (Å²) in [5.41, 5.74) is 0.806. The van der Waals surface area contributed by atoms with Crippen LogP contribution in [-0.2, 0) is 0 Å². The molecule has 0 heterocycles. The van der Waals surface area contributed by atoms with Crippen molar-refractivity contribution in [2.24, 2.45) is 0 Å². The second-order valence-electron chi connectivity index (χ2n) is 3.00. The number of Topliss-reactive ketones (excluding diaryl/α,β-unsaturated/α-hetero) is 1. The SMILES string of the molecule is CCC(Br)CC(=O)c1ccccc1. The Bertz CT molecular complexity index is 269. The molecule has 0 amide bonds. The molecule has 0 aliphatic carbocycles. The molecule has 70 valence electrons. The molecule has 1 atom stereocenters. The third-order valence-electron chi connectivity index (χ3n) is 1.95. The molecule has 0 saturated heterocycles. The van der Waals surface area contributed by atoms with Gasteiger partial charge in [-0.1, -0.05) is 53.2 Å². The van der Waals surface area contributed by atoms with E-state index in [0.717, 1.165) is 12.0 Å². The van der Waals surface area contributed by atoms with Gasteiger partial charge in [-0.3, -0.25) is 4.79 Å². The van der Waals surface area contributed by atoms with Crippen LogP contribution in [-0.4, -0.2) is 10.6 Å². The van der Waals surface area contributed by atoms with Crippen LogP contribution in [0.3, 0.4) is 0 Å². The van der Waals surface area contributed by atoms with Gasteiger partial charge < -0.3 is 0 Å². The molecule has 0 aromatic heterocycles. The van der Waals surface area contributed by atoms with Gasteiger partial charge in [0, 0.05) is 16.8 Å². The first-order chi connectivity index (χ1) is 6.24. The van der Waals surface area contributed by atoms with E-state index in [9.17, 15) is 4.79 Å². The van der Waals surface area contributed by atoms with Gasteiger partial charge in [0.1, 0.15) is 0 Å². The maximum atomic E-state index is 11.6. The van der Waals surface area contributed by atoms with Crippen molar-refractivity contribution in [3.8, 4) is 0 Å². The second kappa shape index (κ2) is 5.18. The number of ketones is 1. The molecule has 0 aliphatic heterocycles. The van der Waals surface area contributed by atoms with Gasteiger partial charge in [0.2, 0.25) is 0 Å². The molecule has 1 aromatic carbocycles. The average Bonchev–Trinajstić information content (AvgIpc) is 2.19. The summed E-state index contributed by atoms with van der Waals surface area (Å²) in [5.74, 6) is 0.212. The Morgan fingerprint density at radius 1 is 1.38 bits per heavy atom. The minimum Gasteiger partial charge on any atom is -0.294 e. The summed E-state index contributed by atoms with van der Waals surface area (Å²) in [7, 11) is 0. The van der Waals surface area contributed by atoms with Gasteiger partial charge >= 0.3 is 0 Å². The lowest BCUT2D eigenvalue weighted by molar-refractivity contribution is 0.0982. The number of halogens is 1. The standard InChI is InChI=1S/C11H13BrO/c1-2-10(12)8-11(13)9-6-4-3-5-7-9/h3-7,10H,2,8H2,1H3. The third-order valence-corrected chi connectivity index (χ3v) is 2.92. The van der Waals surface area contributed by atoms with Crippen molar-refractivity contribution < 1.29 is 4.79 Å². The highest BCUT2D eigenvalue weighted by Gasteiger charge is 2.09. The predicted molar refractivity (Wildman–Crippen MR) is 58.4 cm³/mol. The van der Waals surface area contributed by atoms with Crippen molar-refractivity contribution in [3.05, 3.63) is 35.9 Å². The third kappa shape index (κ3) is 3.31. The summed E-state index contributed by atoms with van der Waals surface area (Å²) in [6.07, 6.45) is 1.57. The Balaban J connectivity index is 2.59. The first-order valence-corrected chi connectivity index (χ1v) is 5.38. The molecule has 2 heteroatoms. The number of benzene rings is 1. The van der Waals surface area contributed by atoms with Crippen molar-refractivity contribution >= 4 is 21.7 Å². The predicted octanol–water partition coefficient (Wildman–Crippen LogP) is 3.43. The summed E-state index contributed by atoms with van der Waals surface area (Å²) in [6.45, 7) is 2.07. The smallest absolute Gasteiger partial charge is 0.163 e. The van der Waals surface area contributed by atoms with E-state index in [2.05, 4.69) is 22.9 Å². The van der Waals surface area contributed by atoms with Crippen molar-refractivity contribution in [1.29, 1.82) is 0 Å². The van der Waals surface area contributed by atoms with Crippen molar-refractivity contribution in [2.75, 3.05) is 0 Å². The van der Waals surface area contributed by atoms with Gasteiger partial charge in [0.05, 0.1) is 0 Å². The van der Waals surface area contributed by atoms with Crippen LogP contribution in [0.4, 0.5) is 0 Å². The zero-order chi connectivity index (χ0) is 9.68. The van der Waals surface area contributed by atoms with E-state index < -0.39 is 0 Å². The van der Waals surface area contributed by atoms with Gasteiger partial charge in [-0.15, -0.1) is 0 Å².